The van der Waals surface area contributed by atoms with Crippen molar-refractivity contribution in [1.29, 1.82) is 0 Å². The third kappa shape index (κ3) is 3.94. The molecule has 3 heteroatoms. The summed E-state index contributed by atoms with van der Waals surface area (Å²) in [5, 5.41) is 0. The van der Waals surface area contributed by atoms with E-state index in [1.807, 2.05) is 18.2 Å². The number of benzene rings is 2. The van der Waals surface area contributed by atoms with Crippen molar-refractivity contribution in [3.8, 4) is 11.5 Å². The molecule has 22 heavy (non-hydrogen) atoms. The van der Waals surface area contributed by atoms with Gasteiger partial charge in [0.05, 0.1) is 7.11 Å². The molecule has 2 aromatic carbocycles. The van der Waals surface area contributed by atoms with Gasteiger partial charge in [0, 0.05) is 18.4 Å². The molecular formula is C19H25NO2. The topological polar surface area (TPSA) is 21.7 Å². The molecule has 0 N–H and O–H groups in total. The van der Waals surface area contributed by atoms with Gasteiger partial charge >= 0.3 is 0 Å². The second-order valence-corrected chi connectivity index (χ2v) is 6.42. The van der Waals surface area contributed by atoms with Crippen LogP contribution in [-0.4, -0.2) is 19.8 Å². The van der Waals surface area contributed by atoms with E-state index in [4.69, 9.17) is 9.47 Å². The van der Waals surface area contributed by atoms with E-state index in [2.05, 4.69) is 63.9 Å². The largest absolute Gasteiger partial charge is 0.497 e. The predicted molar refractivity (Wildman–Crippen MR) is 92.6 cm³/mol. The van der Waals surface area contributed by atoms with Crippen LogP contribution >= 0.6 is 0 Å². The maximum Gasteiger partial charge on any atom is 0.120 e. The Balaban J connectivity index is 2.24. The van der Waals surface area contributed by atoms with Gasteiger partial charge in [-0.05, 0) is 75.7 Å². The van der Waals surface area contributed by atoms with Crippen LogP contribution in [0.25, 0.3) is 0 Å². The van der Waals surface area contributed by atoms with Crippen molar-refractivity contribution in [3.05, 3.63) is 48.0 Å². The summed E-state index contributed by atoms with van der Waals surface area (Å²) < 4.78 is 11.1. The quantitative estimate of drug-likeness (QED) is 0.797. The Morgan fingerprint density at radius 3 is 2.00 bits per heavy atom. The highest BCUT2D eigenvalue weighted by Gasteiger charge is 2.13. The molecule has 0 aromatic heterocycles. The number of hydrogen-bond donors (Lipinski definition) is 0. The summed E-state index contributed by atoms with van der Waals surface area (Å²) in [6.07, 6.45) is 0. The van der Waals surface area contributed by atoms with Crippen LogP contribution in [0.2, 0.25) is 0 Å². The van der Waals surface area contributed by atoms with Crippen LogP contribution < -0.4 is 14.4 Å². The van der Waals surface area contributed by atoms with Gasteiger partial charge in [0.15, 0.2) is 0 Å². The van der Waals surface area contributed by atoms with E-state index in [0.29, 0.717) is 0 Å². The minimum Gasteiger partial charge on any atom is -0.497 e. The van der Waals surface area contributed by atoms with Gasteiger partial charge in [-0.2, -0.15) is 0 Å². The Kier molecular flexibility index (Phi) is 4.65. The van der Waals surface area contributed by atoms with Gasteiger partial charge in [-0.25, -0.2) is 0 Å². The third-order valence-corrected chi connectivity index (χ3v) is 3.41. The van der Waals surface area contributed by atoms with Crippen molar-refractivity contribution in [3.63, 3.8) is 0 Å². The number of aryl methyl sites for hydroxylation is 1. The second-order valence-electron chi connectivity index (χ2n) is 6.42. The van der Waals surface area contributed by atoms with Gasteiger partial charge in [0.25, 0.3) is 0 Å². The molecule has 0 heterocycles. The summed E-state index contributed by atoms with van der Waals surface area (Å²) >= 11 is 0. The maximum atomic E-state index is 5.92. The average Bonchev–Trinajstić information content (AvgIpc) is 2.45. The highest BCUT2D eigenvalue weighted by Crippen LogP contribution is 2.31. The molecule has 3 nitrogen and oxygen atoms in total. The smallest absolute Gasteiger partial charge is 0.120 e. The summed E-state index contributed by atoms with van der Waals surface area (Å²) in [7, 11) is 3.74. The van der Waals surface area contributed by atoms with Crippen LogP contribution in [0, 0.1) is 6.92 Å². The Hall–Kier alpha value is -2.16. The van der Waals surface area contributed by atoms with Gasteiger partial charge < -0.3 is 14.4 Å². The number of methoxy groups -OCH3 is 1. The van der Waals surface area contributed by atoms with Crippen molar-refractivity contribution in [1.82, 2.24) is 0 Å². The fourth-order valence-electron chi connectivity index (χ4n) is 2.37. The zero-order valence-electron chi connectivity index (χ0n) is 14.3. The van der Waals surface area contributed by atoms with Gasteiger partial charge in [-0.15, -0.1) is 0 Å². The first-order valence-electron chi connectivity index (χ1n) is 7.47. The number of hydrogen-bond acceptors (Lipinski definition) is 3. The van der Waals surface area contributed by atoms with Gasteiger partial charge in [-0.1, -0.05) is 0 Å². The normalized spacial score (nSPS) is 11.2. The molecular weight excluding hydrogens is 274 g/mol. The predicted octanol–water partition coefficient (Wildman–Crippen LogP) is 4.95. The average molecular weight is 299 g/mol. The summed E-state index contributed by atoms with van der Waals surface area (Å²) in [4.78, 5) is 2.16. The monoisotopic (exact) mass is 299 g/mol. The third-order valence-electron chi connectivity index (χ3n) is 3.41. The van der Waals surface area contributed by atoms with Crippen molar-refractivity contribution >= 4 is 11.4 Å². The summed E-state index contributed by atoms with van der Waals surface area (Å²) in [5.41, 5.74) is 3.27. The van der Waals surface area contributed by atoms with E-state index in [1.165, 1.54) is 5.56 Å². The van der Waals surface area contributed by atoms with E-state index in [9.17, 15) is 0 Å². The van der Waals surface area contributed by atoms with Crippen LogP contribution in [0.1, 0.15) is 26.3 Å². The molecule has 2 rings (SSSR count). The van der Waals surface area contributed by atoms with Crippen molar-refractivity contribution in [2.45, 2.75) is 33.3 Å². The first-order valence-corrected chi connectivity index (χ1v) is 7.47. The van der Waals surface area contributed by atoms with E-state index in [-0.39, 0.29) is 5.60 Å². The molecule has 0 saturated heterocycles. The van der Waals surface area contributed by atoms with Gasteiger partial charge in [-0.3, -0.25) is 0 Å². The molecule has 0 unspecified atom stereocenters. The lowest BCUT2D eigenvalue weighted by Crippen LogP contribution is -2.23. The summed E-state index contributed by atoms with van der Waals surface area (Å²) in [6.45, 7) is 8.27. The molecule has 0 saturated carbocycles. The molecule has 0 atom stereocenters. The Morgan fingerprint density at radius 2 is 1.50 bits per heavy atom. The molecule has 118 valence electrons. The maximum absolute atomic E-state index is 5.92. The molecule has 0 radical (unpaired) electrons. The molecule has 0 aliphatic carbocycles. The fourth-order valence-corrected chi connectivity index (χ4v) is 2.37. The van der Waals surface area contributed by atoms with Crippen molar-refractivity contribution in [2.24, 2.45) is 0 Å². The molecule has 0 amide bonds. The highest BCUT2D eigenvalue weighted by atomic mass is 16.5. The second kappa shape index (κ2) is 6.30. The molecule has 0 aliphatic rings. The molecule has 0 bridgehead atoms. The highest BCUT2D eigenvalue weighted by molar-refractivity contribution is 5.67. The van der Waals surface area contributed by atoms with Crippen LogP contribution in [-0.2, 0) is 0 Å². The molecule has 2 aromatic rings. The van der Waals surface area contributed by atoms with Crippen molar-refractivity contribution < 1.29 is 9.47 Å². The van der Waals surface area contributed by atoms with Crippen LogP contribution in [0.3, 0.4) is 0 Å². The fraction of sp³-hybridized carbons (Fsp3) is 0.368. The van der Waals surface area contributed by atoms with Gasteiger partial charge in [0.2, 0.25) is 0 Å². The molecule has 0 aliphatic heterocycles. The zero-order valence-corrected chi connectivity index (χ0v) is 14.3. The lowest BCUT2D eigenvalue weighted by atomic mass is 10.1. The lowest BCUT2D eigenvalue weighted by Gasteiger charge is -2.25. The zero-order chi connectivity index (χ0) is 16.3. The first-order chi connectivity index (χ1) is 10.3. The minimum absolute atomic E-state index is 0.185. The summed E-state index contributed by atoms with van der Waals surface area (Å²) in [6, 6.07) is 14.3. The molecule has 0 spiro atoms. The Morgan fingerprint density at radius 1 is 0.909 bits per heavy atom. The summed E-state index contributed by atoms with van der Waals surface area (Å²) in [5.74, 6) is 1.76. The number of ether oxygens (including phenoxy) is 2. The Labute approximate surface area is 133 Å². The number of anilines is 2. The number of rotatable bonds is 4. The number of nitrogens with zero attached hydrogens (tertiary/aromatic N) is 1. The lowest BCUT2D eigenvalue weighted by molar-refractivity contribution is 0.131. The van der Waals surface area contributed by atoms with Crippen LogP contribution in [0.15, 0.2) is 42.5 Å². The van der Waals surface area contributed by atoms with E-state index >= 15 is 0 Å². The van der Waals surface area contributed by atoms with E-state index in [0.717, 1.165) is 22.9 Å². The Bertz CT molecular complexity index is 627. The van der Waals surface area contributed by atoms with Crippen molar-refractivity contribution in [2.75, 3.05) is 19.1 Å². The SMILES string of the molecule is COc1ccc(N(C)c2ccc(OC(C)(C)C)cc2C)cc1. The van der Waals surface area contributed by atoms with Crippen LogP contribution in [0.5, 0.6) is 11.5 Å². The van der Waals surface area contributed by atoms with E-state index < -0.39 is 0 Å². The van der Waals surface area contributed by atoms with Gasteiger partial charge in [0.1, 0.15) is 17.1 Å². The van der Waals surface area contributed by atoms with Crippen LogP contribution in [0.4, 0.5) is 11.4 Å². The minimum atomic E-state index is -0.185. The standard InChI is InChI=1S/C19H25NO2/c1-14-13-17(22-19(2,3)4)11-12-18(14)20(5)15-7-9-16(21-6)10-8-15/h7-13H,1-6H3. The van der Waals surface area contributed by atoms with E-state index in [1.54, 1.807) is 7.11 Å². The molecule has 0 fully saturated rings. The first kappa shape index (κ1) is 16.2.